The van der Waals surface area contributed by atoms with E-state index in [0.717, 1.165) is 0 Å². The van der Waals surface area contributed by atoms with Crippen molar-refractivity contribution >= 4 is 33.1 Å². The fraction of sp³-hybridized carbons (Fsp3) is 0.714. The lowest BCUT2D eigenvalue weighted by atomic mass is 9.93. The van der Waals surface area contributed by atoms with Gasteiger partial charge in [0.05, 0.1) is 11.5 Å². The predicted octanol–water partition coefficient (Wildman–Crippen LogP) is -1.06. The van der Waals surface area contributed by atoms with E-state index in [1.807, 2.05) is 0 Å². The Kier molecular flexibility index (Phi) is 2.04. The first-order valence-corrected chi connectivity index (χ1v) is 6.51. The van der Waals surface area contributed by atoms with E-state index in [2.05, 4.69) is 10.6 Å². The summed E-state index contributed by atoms with van der Waals surface area (Å²) in [5.74, 6) is -0.0936. The topological polar surface area (TPSA) is 75.3 Å². The maximum absolute atomic E-state index is 11.5. The third kappa shape index (κ3) is 1.50. The van der Waals surface area contributed by atoms with Crippen LogP contribution in [0.4, 0.5) is 0 Å². The van der Waals surface area contributed by atoms with Crippen molar-refractivity contribution in [3.05, 3.63) is 0 Å². The molecule has 2 aliphatic heterocycles. The van der Waals surface area contributed by atoms with Crippen molar-refractivity contribution in [1.29, 1.82) is 0 Å². The Hall–Kier alpha value is -0.690. The molecule has 0 radical (unpaired) electrons. The average Bonchev–Trinajstić information content (AvgIpc) is 2.35. The highest BCUT2D eigenvalue weighted by Crippen LogP contribution is 2.26. The molecule has 5 nitrogen and oxygen atoms in total. The Labute approximate surface area is 87.2 Å². The summed E-state index contributed by atoms with van der Waals surface area (Å²) in [6, 6.07) is 0. The van der Waals surface area contributed by atoms with Gasteiger partial charge in [-0.05, 0) is 25.1 Å². The van der Waals surface area contributed by atoms with E-state index in [0.29, 0.717) is 18.0 Å². The zero-order valence-electron chi connectivity index (χ0n) is 7.37. The Morgan fingerprint density at radius 1 is 1.29 bits per heavy atom. The van der Waals surface area contributed by atoms with Crippen LogP contribution < -0.4 is 10.6 Å². The van der Waals surface area contributed by atoms with Crippen LogP contribution in [0.25, 0.3) is 0 Å². The maximum atomic E-state index is 11.5. The third-order valence-electron chi connectivity index (χ3n) is 2.69. The highest BCUT2D eigenvalue weighted by Gasteiger charge is 2.47. The first kappa shape index (κ1) is 9.85. The van der Waals surface area contributed by atoms with Crippen molar-refractivity contribution in [2.45, 2.75) is 18.4 Å². The summed E-state index contributed by atoms with van der Waals surface area (Å²) in [4.78, 5) is 11.5. The highest BCUT2D eigenvalue weighted by molar-refractivity contribution is 7.91. The molecule has 2 N–H and O–H groups in total. The Balaban J connectivity index is 2.21. The highest BCUT2D eigenvalue weighted by atomic mass is 32.2. The summed E-state index contributed by atoms with van der Waals surface area (Å²) < 4.78 is 22.4. The lowest BCUT2D eigenvalue weighted by molar-refractivity contribution is -0.124. The van der Waals surface area contributed by atoms with Gasteiger partial charge in [0.1, 0.15) is 5.54 Å². The van der Waals surface area contributed by atoms with Crippen LogP contribution in [0.5, 0.6) is 0 Å². The molecule has 0 aliphatic carbocycles. The predicted molar refractivity (Wildman–Crippen MR) is 54.5 cm³/mol. The van der Waals surface area contributed by atoms with Crippen LogP contribution in [0.15, 0.2) is 0 Å². The van der Waals surface area contributed by atoms with Gasteiger partial charge in [0, 0.05) is 0 Å². The molecule has 0 bridgehead atoms. The molecule has 7 heteroatoms. The molecule has 0 unspecified atom stereocenters. The minimum absolute atomic E-state index is 0.0516. The lowest BCUT2D eigenvalue weighted by Crippen LogP contribution is -2.52. The molecule has 2 rings (SSSR count). The normalized spacial score (nSPS) is 28.6. The first-order chi connectivity index (χ1) is 6.44. The molecule has 0 atom stereocenters. The SMILES string of the molecule is O=C1NC(=S)NC12CCS(=O)(=O)CC2. The summed E-state index contributed by atoms with van der Waals surface area (Å²) >= 11 is 4.81. The molecule has 2 aliphatic rings. The van der Waals surface area contributed by atoms with E-state index < -0.39 is 15.4 Å². The molecule has 2 heterocycles. The van der Waals surface area contributed by atoms with Crippen molar-refractivity contribution in [1.82, 2.24) is 10.6 Å². The van der Waals surface area contributed by atoms with Crippen LogP contribution >= 0.6 is 12.2 Å². The van der Waals surface area contributed by atoms with Gasteiger partial charge >= 0.3 is 0 Å². The largest absolute Gasteiger partial charge is 0.348 e. The van der Waals surface area contributed by atoms with Gasteiger partial charge in [0.15, 0.2) is 14.9 Å². The van der Waals surface area contributed by atoms with Crippen LogP contribution in [0, 0.1) is 0 Å². The summed E-state index contributed by atoms with van der Waals surface area (Å²) in [5.41, 5.74) is -0.762. The van der Waals surface area contributed by atoms with Gasteiger partial charge in [-0.3, -0.25) is 4.79 Å². The Bertz CT molecular complexity index is 387. The van der Waals surface area contributed by atoms with E-state index >= 15 is 0 Å². The number of rotatable bonds is 0. The molecule has 2 fully saturated rings. The maximum Gasteiger partial charge on any atom is 0.251 e. The fourth-order valence-electron chi connectivity index (χ4n) is 1.77. The number of sulfone groups is 1. The van der Waals surface area contributed by atoms with Gasteiger partial charge in [-0.15, -0.1) is 0 Å². The summed E-state index contributed by atoms with van der Waals surface area (Å²) in [5, 5.41) is 5.65. The van der Waals surface area contributed by atoms with Crippen molar-refractivity contribution in [2.24, 2.45) is 0 Å². The smallest absolute Gasteiger partial charge is 0.251 e. The van der Waals surface area contributed by atoms with E-state index in [9.17, 15) is 13.2 Å². The molecule has 2 saturated heterocycles. The quantitative estimate of drug-likeness (QED) is 0.522. The van der Waals surface area contributed by atoms with Crippen LogP contribution in [0.3, 0.4) is 0 Å². The Morgan fingerprint density at radius 3 is 2.29 bits per heavy atom. The molecule has 0 saturated carbocycles. The van der Waals surface area contributed by atoms with Gasteiger partial charge in [0.25, 0.3) is 5.91 Å². The Morgan fingerprint density at radius 2 is 1.86 bits per heavy atom. The van der Waals surface area contributed by atoms with Crippen molar-refractivity contribution in [2.75, 3.05) is 11.5 Å². The van der Waals surface area contributed by atoms with Crippen LogP contribution in [0.1, 0.15) is 12.8 Å². The molecular weight excluding hydrogens is 224 g/mol. The zero-order valence-corrected chi connectivity index (χ0v) is 9.00. The number of thiocarbonyl (C=S) groups is 1. The van der Waals surface area contributed by atoms with Crippen molar-refractivity contribution < 1.29 is 13.2 Å². The number of amides is 1. The summed E-state index contributed by atoms with van der Waals surface area (Å²) in [7, 11) is -2.95. The van der Waals surface area contributed by atoms with Gasteiger partial charge in [-0.25, -0.2) is 8.42 Å². The minimum atomic E-state index is -2.95. The number of nitrogens with one attached hydrogen (secondary N) is 2. The summed E-state index contributed by atoms with van der Waals surface area (Å²) in [6.45, 7) is 0. The van der Waals surface area contributed by atoms with Crippen LogP contribution in [-0.2, 0) is 14.6 Å². The number of hydrogen-bond acceptors (Lipinski definition) is 4. The molecular formula is C7H10N2O3S2. The third-order valence-corrected chi connectivity index (χ3v) is 4.55. The van der Waals surface area contributed by atoms with E-state index in [-0.39, 0.29) is 17.4 Å². The molecule has 14 heavy (non-hydrogen) atoms. The second kappa shape index (κ2) is 2.90. The van der Waals surface area contributed by atoms with E-state index in [1.54, 1.807) is 0 Å². The van der Waals surface area contributed by atoms with E-state index in [4.69, 9.17) is 12.2 Å². The van der Waals surface area contributed by atoms with Crippen LogP contribution in [-0.4, -0.2) is 36.5 Å². The second-order valence-corrected chi connectivity index (χ2v) is 6.35. The van der Waals surface area contributed by atoms with Gasteiger partial charge in [-0.1, -0.05) is 0 Å². The molecule has 1 amide bonds. The van der Waals surface area contributed by atoms with Gasteiger partial charge in [-0.2, -0.15) is 0 Å². The number of carbonyl (C=O) groups is 1. The monoisotopic (exact) mass is 234 g/mol. The molecule has 78 valence electrons. The fourth-order valence-corrected chi connectivity index (χ4v) is 3.58. The lowest BCUT2D eigenvalue weighted by Gasteiger charge is -2.30. The average molecular weight is 234 g/mol. The van der Waals surface area contributed by atoms with E-state index in [1.165, 1.54) is 0 Å². The number of carbonyl (C=O) groups excluding carboxylic acids is 1. The molecule has 1 spiro atoms. The first-order valence-electron chi connectivity index (χ1n) is 4.28. The second-order valence-electron chi connectivity index (χ2n) is 3.64. The van der Waals surface area contributed by atoms with Gasteiger partial charge < -0.3 is 10.6 Å². The number of hydrogen-bond donors (Lipinski definition) is 2. The molecule has 0 aromatic carbocycles. The molecule has 0 aromatic heterocycles. The zero-order chi connectivity index (χ0) is 10.4. The minimum Gasteiger partial charge on any atom is -0.348 e. The van der Waals surface area contributed by atoms with Gasteiger partial charge in [0.2, 0.25) is 0 Å². The summed E-state index contributed by atoms with van der Waals surface area (Å²) in [6.07, 6.45) is 0.614. The standard InChI is InChI=1S/C7H10N2O3S2/c10-5-7(9-6(13)8-5)1-3-14(11,12)4-2-7/h1-4H2,(H2,8,9,10,13). The molecule has 0 aromatic rings. The van der Waals surface area contributed by atoms with Crippen molar-refractivity contribution in [3.63, 3.8) is 0 Å². The van der Waals surface area contributed by atoms with Crippen LogP contribution in [0.2, 0.25) is 0 Å². The van der Waals surface area contributed by atoms with Crippen molar-refractivity contribution in [3.8, 4) is 0 Å².